The Hall–Kier alpha value is -3.17. The van der Waals surface area contributed by atoms with Gasteiger partial charge in [-0.2, -0.15) is 13.2 Å². The Balaban J connectivity index is 1.71. The number of halogens is 3. The molecular formula is C22H24F3N5O2. The fourth-order valence-electron chi connectivity index (χ4n) is 4.23. The van der Waals surface area contributed by atoms with Gasteiger partial charge in [0.25, 0.3) is 0 Å². The van der Waals surface area contributed by atoms with Crippen LogP contribution in [0.4, 0.5) is 13.2 Å². The van der Waals surface area contributed by atoms with E-state index in [0.29, 0.717) is 17.8 Å². The lowest BCUT2D eigenvalue weighted by atomic mass is 10.00. The Morgan fingerprint density at radius 2 is 1.91 bits per heavy atom. The summed E-state index contributed by atoms with van der Waals surface area (Å²) in [6, 6.07) is 6.22. The molecule has 1 amide bonds. The van der Waals surface area contributed by atoms with Crippen LogP contribution in [0.1, 0.15) is 43.9 Å². The third-order valence-corrected chi connectivity index (χ3v) is 5.87. The zero-order valence-corrected chi connectivity index (χ0v) is 17.9. The topological polar surface area (TPSA) is 72.5 Å². The molecule has 7 nitrogen and oxygen atoms in total. The fourth-order valence-corrected chi connectivity index (χ4v) is 4.23. The van der Waals surface area contributed by atoms with Crippen molar-refractivity contribution in [3.8, 4) is 11.4 Å². The Labute approximate surface area is 182 Å². The summed E-state index contributed by atoms with van der Waals surface area (Å²) in [6.07, 6.45) is -0.640. The lowest BCUT2D eigenvalue weighted by Gasteiger charge is -2.35. The molecule has 1 atom stereocenters. The van der Waals surface area contributed by atoms with Crippen LogP contribution in [-0.4, -0.2) is 42.6 Å². The second-order valence-corrected chi connectivity index (χ2v) is 8.08. The molecule has 4 rings (SSSR count). The zero-order valence-electron chi connectivity index (χ0n) is 17.9. The van der Waals surface area contributed by atoms with E-state index in [9.17, 15) is 22.8 Å². The highest BCUT2D eigenvalue weighted by Gasteiger charge is 2.30. The van der Waals surface area contributed by atoms with Gasteiger partial charge in [-0.15, -0.1) is 5.10 Å². The summed E-state index contributed by atoms with van der Waals surface area (Å²) >= 11 is 0. The number of rotatable bonds is 4. The Morgan fingerprint density at radius 3 is 2.56 bits per heavy atom. The van der Waals surface area contributed by atoms with Gasteiger partial charge in [-0.1, -0.05) is 19.1 Å². The summed E-state index contributed by atoms with van der Waals surface area (Å²) in [6.45, 7) is 4.22. The van der Waals surface area contributed by atoms with Gasteiger partial charge in [0.1, 0.15) is 12.4 Å². The van der Waals surface area contributed by atoms with Gasteiger partial charge >= 0.3 is 11.9 Å². The third-order valence-electron chi connectivity index (χ3n) is 5.87. The molecule has 0 spiro atoms. The number of likely N-dealkylation sites (tertiary alicyclic amines) is 1. The lowest BCUT2D eigenvalue weighted by Crippen LogP contribution is -2.45. The van der Waals surface area contributed by atoms with Crippen LogP contribution in [0, 0.1) is 6.92 Å². The lowest BCUT2D eigenvalue weighted by molar-refractivity contribution is -0.137. The van der Waals surface area contributed by atoms with E-state index in [1.807, 2.05) is 11.8 Å². The number of amides is 1. The molecular weight excluding hydrogens is 423 g/mol. The van der Waals surface area contributed by atoms with E-state index in [1.165, 1.54) is 16.5 Å². The molecule has 170 valence electrons. The van der Waals surface area contributed by atoms with Crippen molar-refractivity contribution in [1.82, 2.24) is 24.1 Å². The minimum Gasteiger partial charge on any atom is -0.338 e. The van der Waals surface area contributed by atoms with Crippen molar-refractivity contribution >= 4 is 11.6 Å². The van der Waals surface area contributed by atoms with Gasteiger partial charge in [-0.05, 0) is 44.7 Å². The minimum atomic E-state index is -4.46. The van der Waals surface area contributed by atoms with Crippen LogP contribution in [0.15, 0.2) is 35.1 Å². The van der Waals surface area contributed by atoms with Gasteiger partial charge < -0.3 is 4.90 Å². The van der Waals surface area contributed by atoms with E-state index in [0.717, 1.165) is 42.5 Å². The molecule has 1 aliphatic rings. The van der Waals surface area contributed by atoms with Crippen molar-refractivity contribution in [3.63, 3.8) is 0 Å². The summed E-state index contributed by atoms with van der Waals surface area (Å²) in [7, 11) is 0. The third kappa shape index (κ3) is 4.13. The predicted octanol–water partition coefficient (Wildman–Crippen LogP) is 3.68. The number of carbonyl (C=O) groups excluding carboxylic acids is 1. The number of hydrogen-bond acceptors (Lipinski definition) is 4. The number of aryl methyl sites for hydroxylation is 1. The van der Waals surface area contributed by atoms with Crippen LogP contribution in [0.5, 0.6) is 0 Å². The van der Waals surface area contributed by atoms with Crippen molar-refractivity contribution in [2.24, 2.45) is 0 Å². The largest absolute Gasteiger partial charge is 0.416 e. The maximum absolute atomic E-state index is 13.1. The van der Waals surface area contributed by atoms with Gasteiger partial charge in [0.15, 0.2) is 5.65 Å². The summed E-state index contributed by atoms with van der Waals surface area (Å²) < 4.78 is 41.1. The first kappa shape index (κ1) is 22.0. The van der Waals surface area contributed by atoms with Crippen LogP contribution < -0.4 is 5.69 Å². The summed E-state index contributed by atoms with van der Waals surface area (Å²) in [5, 5.41) is 4.30. The number of hydrogen-bond donors (Lipinski definition) is 0. The van der Waals surface area contributed by atoms with E-state index < -0.39 is 17.4 Å². The van der Waals surface area contributed by atoms with Crippen LogP contribution in [0.2, 0.25) is 0 Å². The molecule has 0 N–H and O–H groups in total. The monoisotopic (exact) mass is 447 g/mol. The Kier molecular flexibility index (Phi) is 5.79. The summed E-state index contributed by atoms with van der Waals surface area (Å²) in [4.78, 5) is 32.2. The van der Waals surface area contributed by atoms with Gasteiger partial charge in [-0.25, -0.2) is 18.9 Å². The van der Waals surface area contributed by atoms with E-state index in [2.05, 4.69) is 10.1 Å². The first-order valence-corrected chi connectivity index (χ1v) is 10.6. The van der Waals surface area contributed by atoms with Crippen molar-refractivity contribution in [2.45, 2.75) is 58.3 Å². The predicted molar refractivity (Wildman–Crippen MR) is 112 cm³/mol. The number of aromatic nitrogens is 4. The maximum atomic E-state index is 13.1. The average molecular weight is 447 g/mol. The molecule has 32 heavy (non-hydrogen) atoms. The molecule has 3 heterocycles. The number of benzene rings is 1. The molecule has 2 aromatic heterocycles. The summed E-state index contributed by atoms with van der Waals surface area (Å²) in [5.41, 5.74) is -0.151. The smallest absolute Gasteiger partial charge is 0.338 e. The van der Waals surface area contributed by atoms with Crippen molar-refractivity contribution in [3.05, 3.63) is 52.1 Å². The molecule has 1 saturated heterocycles. The van der Waals surface area contributed by atoms with Crippen LogP contribution in [0.25, 0.3) is 17.0 Å². The SMILES string of the molecule is CCC1CCCCN1C(=O)Cn1nc2cc(C)nc(-c3ccc(C(F)(F)F)cc3)n2c1=O. The number of nitrogens with zero attached hydrogens (tertiary/aromatic N) is 5. The Morgan fingerprint density at radius 1 is 1.19 bits per heavy atom. The maximum Gasteiger partial charge on any atom is 0.416 e. The van der Waals surface area contributed by atoms with Crippen molar-refractivity contribution < 1.29 is 18.0 Å². The first-order valence-electron chi connectivity index (χ1n) is 10.6. The molecule has 0 saturated carbocycles. The van der Waals surface area contributed by atoms with Crippen LogP contribution >= 0.6 is 0 Å². The standard InChI is InChI=1S/C22H24F3N5O2/c1-3-17-6-4-5-11-28(17)19(31)13-29-21(32)30-18(27-29)12-14(2)26-20(30)15-7-9-16(10-8-15)22(23,24)25/h7-10,12,17H,3-6,11,13H2,1-2H3. The van der Waals surface area contributed by atoms with E-state index in [1.54, 1.807) is 13.0 Å². The highest BCUT2D eigenvalue weighted by Crippen LogP contribution is 2.30. The second kappa shape index (κ2) is 8.40. The molecule has 1 aliphatic heterocycles. The highest BCUT2D eigenvalue weighted by molar-refractivity contribution is 5.76. The van der Waals surface area contributed by atoms with Crippen LogP contribution in [-0.2, 0) is 17.5 Å². The number of fused-ring (bicyclic) bond motifs is 1. The van der Waals surface area contributed by atoms with Gasteiger partial charge in [-0.3, -0.25) is 4.79 Å². The van der Waals surface area contributed by atoms with Crippen molar-refractivity contribution in [2.75, 3.05) is 6.54 Å². The molecule has 10 heteroatoms. The molecule has 3 aromatic rings. The number of piperidine rings is 1. The van der Waals surface area contributed by atoms with E-state index >= 15 is 0 Å². The normalized spacial score (nSPS) is 17.2. The number of carbonyl (C=O) groups is 1. The van der Waals surface area contributed by atoms with Crippen molar-refractivity contribution in [1.29, 1.82) is 0 Å². The molecule has 1 unspecified atom stereocenters. The minimum absolute atomic E-state index is 0.163. The zero-order chi connectivity index (χ0) is 23.0. The Bertz CT molecular complexity index is 1200. The van der Waals surface area contributed by atoms with E-state index in [4.69, 9.17) is 0 Å². The fraction of sp³-hybridized carbons (Fsp3) is 0.455. The molecule has 0 bridgehead atoms. The van der Waals surface area contributed by atoms with Gasteiger partial charge in [0.05, 0.1) is 5.56 Å². The summed E-state index contributed by atoms with van der Waals surface area (Å²) in [5.74, 6) is 0.0182. The quantitative estimate of drug-likeness (QED) is 0.612. The molecule has 1 fully saturated rings. The van der Waals surface area contributed by atoms with Crippen LogP contribution in [0.3, 0.4) is 0 Å². The molecule has 0 radical (unpaired) electrons. The average Bonchev–Trinajstić information content (AvgIpc) is 3.07. The first-order chi connectivity index (χ1) is 15.2. The number of alkyl halides is 3. The van der Waals surface area contributed by atoms with Gasteiger partial charge in [0.2, 0.25) is 5.91 Å². The second-order valence-electron chi connectivity index (χ2n) is 8.08. The highest BCUT2D eigenvalue weighted by atomic mass is 19.4. The van der Waals surface area contributed by atoms with E-state index in [-0.39, 0.29) is 30.0 Å². The van der Waals surface area contributed by atoms with Gasteiger partial charge in [0, 0.05) is 29.9 Å². The molecule has 1 aromatic carbocycles. The molecule has 0 aliphatic carbocycles.